The number of esters is 1. The molecule has 0 radical (unpaired) electrons. The van der Waals surface area contributed by atoms with Gasteiger partial charge in [0.05, 0.1) is 11.7 Å². The van der Waals surface area contributed by atoms with Crippen LogP contribution in [0.1, 0.15) is 17.3 Å². The SMILES string of the molecule is COC(C)COC(=O)c1ccc(F)cc1N. The normalized spacial score (nSPS) is 12.2. The summed E-state index contributed by atoms with van der Waals surface area (Å²) in [7, 11) is 1.52. The molecular formula is C11H14FNO3. The molecule has 0 fully saturated rings. The third kappa shape index (κ3) is 3.20. The third-order valence-corrected chi connectivity index (χ3v) is 2.09. The zero-order valence-corrected chi connectivity index (χ0v) is 9.20. The van der Waals surface area contributed by atoms with Crippen molar-refractivity contribution in [3.8, 4) is 0 Å². The first-order chi connectivity index (χ1) is 7.54. The number of nitrogens with two attached hydrogens (primary N) is 1. The molecule has 88 valence electrons. The fraction of sp³-hybridized carbons (Fsp3) is 0.364. The van der Waals surface area contributed by atoms with Crippen LogP contribution in [0.25, 0.3) is 0 Å². The number of nitrogen functional groups attached to an aromatic ring is 1. The molecule has 0 spiro atoms. The molecule has 16 heavy (non-hydrogen) atoms. The molecule has 0 saturated carbocycles. The molecule has 0 saturated heterocycles. The number of anilines is 1. The standard InChI is InChI=1S/C11H14FNO3/c1-7(15-2)6-16-11(14)9-4-3-8(12)5-10(9)13/h3-5,7H,6,13H2,1-2H3. The quantitative estimate of drug-likeness (QED) is 0.627. The van der Waals surface area contributed by atoms with E-state index < -0.39 is 11.8 Å². The Kier molecular flexibility index (Phi) is 4.25. The summed E-state index contributed by atoms with van der Waals surface area (Å²) in [5.41, 5.74) is 5.71. The minimum atomic E-state index is -0.582. The highest BCUT2D eigenvalue weighted by Crippen LogP contribution is 2.14. The van der Waals surface area contributed by atoms with Gasteiger partial charge in [0.2, 0.25) is 0 Å². The molecule has 1 aromatic rings. The van der Waals surface area contributed by atoms with Crippen LogP contribution in [0, 0.1) is 5.82 Å². The Labute approximate surface area is 93.2 Å². The summed E-state index contributed by atoms with van der Waals surface area (Å²) >= 11 is 0. The summed E-state index contributed by atoms with van der Waals surface area (Å²) in [6.07, 6.45) is -0.189. The van der Waals surface area contributed by atoms with E-state index in [-0.39, 0.29) is 24.0 Å². The summed E-state index contributed by atoms with van der Waals surface area (Å²) in [4.78, 5) is 11.5. The summed E-state index contributed by atoms with van der Waals surface area (Å²) in [5.74, 6) is -1.07. The van der Waals surface area contributed by atoms with Gasteiger partial charge >= 0.3 is 5.97 Å². The lowest BCUT2D eigenvalue weighted by molar-refractivity contribution is 0.0170. The molecule has 5 heteroatoms. The number of carbonyl (C=O) groups is 1. The Balaban J connectivity index is 2.66. The van der Waals surface area contributed by atoms with E-state index in [1.807, 2.05) is 0 Å². The average molecular weight is 227 g/mol. The first kappa shape index (κ1) is 12.4. The number of methoxy groups -OCH3 is 1. The maximum atomic E-state index is 12.7. The topological polar surface area (TPSA) is 61.5 Å². The number of halogens is 1. The van der Waals surface area contributed by atoms with Crippen molar-refractivity contribution in [1.82, 2.24) is 0 Å². The minimum absolute atomic E-state index is 0.0649. The molecule has 0 aliphatic rings. The summed E-state index contributed by atoms with van der Waals surface area (Å²) in [5, 5.41) is 0. The van der Waals surface area contributed by atoms with E-state index in [4.69, 9.17) is 15.2 Å². The molecule has 1 aromatic carbocycles. The largest absolute Gasteiger partial charge is 0.459 e. The lowest BCUT2D eigenvalue weighted by atomic mass is 10.2. The average Bonchev–Trinajstić information content (AvgIpc) is 2.25. The van der Waals surface area contributed by atoms with Crippen molar-refractivity contribution in [2.24, 2.45) is 0 Å². The fourth-order valence-electron chi connectivity index (χ4n) is 1.06. The molecule has 0 aliphatic heterocycles. The van der Waals surface area contributed by atoms with Crippen LogP contribution >= 0.6 is 0 Å². The zero-order valence-electron chi connectivity index (χ0n) is 9.20. The van der Waals surface area contributed by atoms with Crippen LogP contribution in [-0.4, -0.2) is 25.8 Å². The number of hydrogen-bond donors (Lipinski definition) is 1. The van der Waals surface area contributed by atoms with Gasteiger partial charge in [-0.3, -0.25) is 0 Å². The van der Waals surface area contributed by atoms with E-state index in [0.717, 1.165) is 12.1 Å². The lowest BCUT2D eigenvalue weighted by Gasteiger charge is -2.11. The molecule has 0 heterocycles. The van der Waals surface area contributed by atoms with E-state index in [2.05, 4.69) is 0 Å². The van der Waals surface area contributed by atoms with Gasteiger partial charge < -0.3 is 15.2 Å². The smallest absolute Gasteiger partial charge is 0.340 e. The Morgan fingerprint density at radius 1 is 1.56 bits per heavy atom. The van der Waals surface area contributed by atoms with Gasteiger partial charge in [0.1, 0.15) is 12.4 Å². The van der Waals surface area contributed by atoms with Gasteiger partial charge in [0.15, 0.2) is 0 Å². The molecule has 1 unspecified atom stereocenters. The Morgan fingerprint density at radius 3 is 2.81 bits per heavy atom. The van der Waals surface area contributed by atoms with Gasteiger partial charge in [-0.2, -0.15) is 0 Å². The van der Waals surface area contributed by atoms with E-state index in [1.165, 1.54) is 13.2 Å². The number of ether oxygens (including phenoxy) is 2. The first-order valence-corrected chi connectivity index (χ1v) is 4.79. The van der Waals surface area contributed by atoms with Gasteiger partial charge in [0, 0.05) is 12.8 Å². The van der Waals surface area contributed by atoms with Crippen molar-refractivity contribution in [2.45, 2.75) is 13.0 Å². The molecule has 2 N–H and O–H groups in total. The first-order valence-electron chi connectivity index (χ1n) is 4.79. The predicted molar refractivity (Wildman–Crippen MR) is 57.6 cm³/mol. The second-order valence-electron chi connectivity index (χ2n) is 3.38. The summed E-state index contributed by atoms with van der Waals surface area (Å²) in [6, 6.07) is 3.54. The van der Waals surface area contributed by atoms with Crippen molar-refractivity contribution in [3.63, 3.8) is 0 Å². The highest BCUT2D eigenvalue weighted by Gasteiger charge is 2.13. The van der Waals surface area contributed by atoms with Gasteiger partial charge in [0.25, 0.3) is 0 Å². The van der Waals surface area contributed by atoms with Crippen LogP contribution in [0.2, 0.25) is 0 Å². The molecular weight excluding hydrogens is 213 g/mol. The highest BCUT2D eigenvalue weighted by molar-refractivity contribution is 5.94. The fourth-order valence-corrected chi connectivity index (χ4v) is 1.06. The molecule has 0 bridgehead atoms. The number of rotatable bonds is 4. The van der Waals surface area contributed by atoms with Crippen LogP contribution in [0.4, 0.5) is 10.1 Å². The van der Waals surface area contributed by atoms with Gasteiger partial charge in [-0.15, -0.1) is 0 Å². The molecule has 0 amide bonds. The van der Waals surface area contributed by atoms with Crippen LogP contribution in [0.5, 0.6) is 0 Å². The van der Waals surface area contributed by atoms with Gasteiger partial charge in [-0.25, -0.2) is 9.18 Å². The van der Waals surface area contributed by atoms with Crippen molar-refractivity contribution in [1.29, 1.82) is 0 Å². The maximum absolute atomic E-state index is 12.7. The minimum Gasteiger partial charge on any atom is -0.459 e. The molecule has 0 aromatic heterocycles. The predicted octanol–water partition coefficient (Wildman–Crippen LogP) is 1.60. The molecule has 0 aliphatic carbocycles. The second kappa shape index (κ2) is 5.46. The van der Waals surface area contributed by atoms with Crippen LogP contribution in [0.3, 0.4) is 0 Å². The molecule has 1 rings (SSSR count). The monoisotopic (exact) mass is 227 g/mol. The van der Waals surface area contributed by atoms with E-state index in [0.29, 0.717) is 0 Å². The number of carbonyl (C=O) groups excluding carboxylic acids is 1. The van der Waals surface area contributed by atoms with Crippen molar-refractivity contribution in [3.05, 3.63) is 29.6 Å². The van der Waals surface area contributed by atoms with E-state index in [9.17, 15) is 9.18 Å². The van der Waals surface area contributed by atoms with Crippen LogP contribution in [0.15, 0.2) is 18.2 Å². The maximum Gasteiger partial charge on any atom is 0.340 e. The van der Waals surface area contributed by atoms with Crippen LogP contribution in [-0.2, 0) is 9.47 Å². The van der Waals surface area contributed by atoms with Crippen molar-refractivity contribution < 1.29 is 18.7 Å². The summed E-state index contributed by atoms with van der Waals surface area (Å²) in [6.45, 7) is 1.90. The number of benzene rings is 1. The second-order valence-corrected chi connectivity index (χ2v) is 3.38. The van der Waals surface area contributed by atoms with E-state index in [1.54, 1.807) is 6.92 Å². The van der Waals surface area contributed by atoms with Crippen LogP contribution < -0.4 is 5.73 Å². The summed E-state index contributed by atoms with van der Waals surface area (Å²) < 4.78 is 22.6. The Morgan fingerprint density at radius 2 is 2.25 bits per heavy atom. The molecule has 1 atom stereocenters. The Bertz CT molecular complexity index is 381. The highest BCUT2D eigenvalue weighted by atomic mass is 19.1. The molecule has 4 nitrogen and oxygen atoms in total. The number of hydrogen-bond acceptors (Lipinski definition) is 4. The van der Waals surface area contributed by atoms with Gasteiger partial charge in [-0.05, 0) is 25.1 Å². The van der Waals surface area contributed by atoms with Crippen molar-refractivity contribution >= 4 is 11.7 Å². The van der Waals surface area contributed by atoms with Crippen molar-refractivity contribution in [2.75, 3.05) is 19.5 Å². The lowest BCUT2D eigenvalue weighted by Crippen LogP contribution is -2.18. The Hall–Kier alpha value is -1.62. The zero-order chi connectivity index (χ0) is 12.1. The van der Waals surface area contributed by atoms with E-state index >= 15 is 0 Å². The third-order valence-electron chi connectivity index (χ3n) is 2.09. The van der Waals surface area contributed by atoms with Gasteiger partial charge in [-0.1, -0.05) is 0 Å².